The molecule has 0 aromatic carbocycles. The van der Waals surface area contributed by atoms with Crippen LogP contribution in [-0.2, 0) is 14.8 Å². The van der Waals surface area contributed by atoms with Crippen molar-refractivity contribution in [1.82, 2.24) is 14.9 Å². The van der Waals surface area contributed by atoms with Crippen LogP contribution in [0.5, 0.6) is 0 Å². The van der Waals surface area contributed by atoms with Gasteiger partial charge >= 0.3 is 12.0 Å². The average molecular weight is 295 g/mol. The fraction of sp³-hybridized carbons (Fsp3) is 0.778. The fourth-order valence-corrected chi connectivity index (χ4v) is 2.34. The van der Waals surface area contributed by atoms with E-state index in [1.807, 2.05) is 0 Å². The molecule has 1 rings (SSSR count). The van der Waals surface area contributed by atoms with Gasteiger partial charge in [-0.2, -0.15) is 0 Å². The van der Waals surface area contributed by atoms with E-state index in [1.165, 1.54) is 7.05 Å². The van der Waals surface area contributed by atoms with Crippen molar-refractivity contribution in [1.29, 1.82) is 0 Å². The highest BCUT2D eigenvalue weighted by molar-refractivity contribution is 7.89. The number of aliphatic hydroxyl groups is 1. The van der Waals surface area contributed by atoms with Gasteiger partial charge in [-0.3, -0.25) is 0 Å². The number of nitrogens with zero attached hydrogens (tertiary/aromatic N) is 1. The lowest BCUT2D eigenvalue weighted by atomic mass is 10.2. The zero-order chi connectivity index (χ0) is 14.6. The lowest BCUT2D eigenvalue weighted by Gasteiger charge is -2.21. The summed E-state index contributed by atoms with van der Waals surface area (Å²) < 4.78 is 24.3. The number of carboxylic acid groups (broad SMARTS) is 1. The first kappa shape index (κ1) is 15.7. The molecule has 0 aromatic rings. The average Bonchev–Trinajstić information content (AvgIpc) is 2.71. The summed E-state index contributed by atoms with van der Waals surface area (Å²) in [5.41, 5.74) is 0. The SMILES string of the molecule is CNS(=O)(=O)CCNC(=O)N1CC(O)C[C@H]1C(=O)O. The Morgan fingerprint density at radius 2 is 2.05 bits per heavy atom. The van der Waals surface area contributed by atoms with Crippen LogP contribution in [0.25, 0.3) is 0 Å². The molecule has 10 heteroatoms. The summed E-state index contributed by atoms with van der Waals surface area (Å²) in [5.74, 6) is -1.50. The third-order valence-electron chi connectivity index (χ3n) is 2.78. The molecule has 1 saturated heterocycles. The fourth-order valence-electron chi connectivity index (χ4n) is 1.77. The van der Waals surface area contributed by atoms with Crippen LogP contribution in [0.1, 0.15) is 6.42 Å². The monoisotopic (exact) mass is 295 g/mol. The van der Waals surface area contributed by atoms with Crippen molar-refractivity contribution in [3.05, 3.63) is 0 Å². The second-order valence-electron chi connectivity index (χ2n) is 4.15. The molecule has 0 spiro atoms. The summed E-state index contributed by atoms with van der Waals surface area (Å²) in [6.45, 7) is -0.220. The maximum Gasteiger partial charge on any atom is 0.326 e. The highest BCUT2D eigenvalue weighted by Crippen LogP contribution is 2.17. The number of hydrogen-bond acceptors (Lipinski definition) is 5. The Hall–Kier alpha value is -1.39. The lowest BCUT2D eigenvalue weighted by Crippen LogP contribution is -2.47. The Bertz CT molecular complexity index is 451. The first-order chi connectivity index (χ1) is 8.76. The van der Waals surface area contributed by atoms with Crippen molar-refractivity contribution in [2.75, 3.05) is 25.9 Å². The maximum absolute atomic E-state index is 11.7. The number of amides is 2. The molecule has 0 bridgehead atoms. The van der Waals surface area contributed by atoms with Gasteiger partial charge in [0.2, 0.25) is 10.0 Å². The molecule has 1 aliphatic heterocycles. The van der Waals surface area contributed by atoms with E-state index in [4.69, 9.17) is 5.11 Å². The summed E-state index contributed by atoms with van der Waals surface area (Å²) in [4.78, 5) is 23.6. The van der Waals surface area contributed by atoms with Gasteiger partial charge in [-0.15, -0.1) is 0 Å². The van der Waals surface area contributed by atoms with Gasteiger partial charge in [-0.25, -0.2) is 22.7 Å². The molecule has 2 amide bonds. The summed E-state index contributed by atoms with van der Waals surface area (Å²) in [7, 11) is -2.17. The number of rotatable bonds is 5. The molecule has 1 aliphatic rings. The molecule has 2 atom stereocenters. The highest BCUT2D eigenvalue weighted by Gasteiger charge is 2.38. The number of aliphatic carboxylic acids is 1. The molecule has 9 nitrogen and oxygen atoms in total. The Morgan fingerprint density at radius 3 is 2.58 bits per heavy atom. The molecule has 110 valence electrons. The number of carboxylic acids is 1. The zero-order valence-electron chi connectivity index (χ0n) is 10.4. The van der Waals surface area contributed by atoms with E-state index in [1.54, 1.807) is 0 Å². The summed E-state index contributed by atoms with van der Waals surface area (Å²) in [6, 6.07) is -1.79. The van der Waals surface area contributed by atoms with Gasteiger partial charge in [-0.1, -0.05) is 0 Å². The third kappa shape index (κ3) is 4.33. The lowest BCUT2D eigenvalue weighted by molar-refractivity contribution is -0.141. The Balaban J connectivity index is 2.51. The standard InChI is InChI=1S/C9H17N3O6S/c1-10-19(17,18)3-2-11-9(16)12-5-6(13)4-7(12)8(14)15/h6-7,10,13H,2-5H2,1H3,(H,11,16)(H,14,15)/t6?,7-/m0/s1. The minimum Gasteiger partial charge on any atom is -0.480 e. The van der Waals surface area contributed by atoms with E-state index in [-0.39, 0.29) is 25.3 Å². The Kier molecular flexibility index (Phi) is 5.09. The molecule has 0 aliphatic carbocycles. The predicted molar refractivity (Wildman–Crippen MR) is 65.0 cm³/mol. The number of carbonyl (C=O) groups excluding carboxylic acids is 1. The van der Waals surface area contributed by atoms with Crippen LogP contribution < -0.4 is 10.0 Å². The van der Waals surface area contributed by atoms with Crippen molar-refractivity contribution in [3.63, 3.8) is 0 Å². The van der Waals surface area contributed by atoms with Gasteiger partial charge in [0, 0.05) is 19.5 Å². The molecule has 1 fully saturated rings. The predicted octanol–water partition coefficient (Wildman–Crippen LogP) is -2.23. The number of urea groups is 1. The summed E-state index contributed by atoms with van der Waals surface area (Å²) in [6.07, 6.45) is -0.912. The molecule has 0 saturated carbocycles. The van der Waals surface area contributed by atoms with E-state index in [9.17, 15) is 23.1 Å². The zero-order valence-corrected chi connectivity index (χ0v) is 11.2. The van der Waals surface area contributed by atoms with E-state index < -0.39 is 34.2 Å². The molecular formula is C9H17N3O6S. The van der Waals surface area contributed by atoms with E-state index in [0.717, 1.165) is 4.90 Å². The number of carbonyl (C=O) groups is 2. The van der Waals surface area contributed by atoms with Crippen molar-refractivity contribution in [3.8, 4) is 0 Å². The quantitative estimate of drug-likeness (QED) is 0.453. The number of β-amino-alcohol motifs (C(OH)–C–C–N with tert-alkyl or cyclic N) is 1. The van der Waals surface area contributed by atoms with Gasteiger partial charge in [0.1, 0.15) is 6.04 Å². The number of nitrogens with one attached hydrogen (secondary N) is 2. The largest absolute Gasteiger partial charge is 0.480 e. The highest BCUT2D eigenvalue weighted by atomic mass is 32.2. The van der Waals surface area contributed by atoms with Crippen molar-refractivity contribution >= 4 is 22.0 Å². The van der Waals surface area contributed by atoms with Crippen molar-refractivity contribution < 1.29 is 28.2 Å². The molecule has 1 unspecified atom stereocenters. The summed E-state index contributed by atoms with van der Waals surface area (Å²) in [5, 5.41) is 20.6. The molecule has 19 heavy (non-hydrogen) atoms. The molecule has 0 radical (unpaired) electrons. The van der Waals surface area contributed by atoms with Gasteiger partial charge in [0.15, 0.2) is 0 Å². The van der Waals surface area contributed by atoms with Crippen molar-refractivity contribution in [2.24, 2.45) is 0 Å². The second kappa shape index (κ2) is 6.17. The van der Waals surface area contributed by atoms with E-state index in [2.05, 4.69) is 10.0 Å². The van der Waals surface area contributed by atoms with E-state index in [0.29, 0.717) is 0 Å². The third-order valence-corrected chi connectivity index (χ3v) is 4.15. The van der Waals surface area contributed by atoms with Crippen LogP contribution in [0, 0.1) is 0 Å². The number of likely N-dealkylation sites (tertiary alicyclic amines) is 1. The topological polar surface area (TPSA) is 136 Å². The number of hydrogen-bond donors (Lipinski definition) is 4. The minimum absolute atomic E-state index is 0.0302. The van der Waals surface area contributed by atoms with Crippen LogP contribution in [-0.4, -0.2) is 73.6 Å². The summed E-state index contributed by atoms with van der Waals surface area (Å²) >= 11 is 0. The molecule has 1 heterocycles. The van der Waals surface area contributed by atoms with Gasteiger partial charge in [-0.05, 0) is 7.05 Å². The normalized spacial score (nSPS) is 23.4. The first-order valence-corrected chi connectivity index (χ1v) is 7.28. The van der Waals surface area contributed by atoms with Crippen LogP contribution >= 0.6 is 0 Å². The van der Waals surface area contributed by atoms with Gasteiger partial charge in [0.05, 0.1) is 11.9 Å². The molecule has 4 N–H and O–H groups in total. The van der Waals surface area contributed by atoms with E-state index >= 15 is 0 Å². The Labute approximate surface area is 110 Å². The van der Waals surface area contributed by atoms with Crippen molar-refractivity contribution in [2.45, 2.75) is 18.6 Å². The minimum atomic E-state index is -3.43. The molecule has 0 aromatic heterocycles. The van der Waals surface area contributed by atoms with Gasteiger partial charge < -0.3 is 20.4 Å². The van der Waals surface area contributed by atoms with Crippen LogP contribution in [0.2, 0.25) is 0 Å². The second-order valence-corrected chi connectivity index (χ2v) is 6.20. The Morgan fingerprint density at radius 1 is 1.42 bits per heavy atom. The van der Waals surface area contributed by atoms with Crippen LogP contribution in [0.4, 0.5) is 4.79 Å². The smallest absolute Gasteiger partial charge is 0.326 e. The number of sulfonamides is 1. The maximum atomic E-state index is 11.7. The molecular weight excluding hydrogens is 278 g/mol. The first-order valence-electron chi connectivity index (χ1n) is 5.63. The van der Waals surface area contributed by atoms with Gasteiger partial charge in [0.25, 0.3) is 0 Å². The number of aliphatic hydroxyl groups excluding tert-OH is 1. The van der Waals surface area contributed by atoms with Crippen LogP contribution in [0.3, 0.4) is 0 Å². The van der Waals surface area contributed by atoms with Crippen LogP contribution in [0.15, 0.2) is 0 Å².